The molecule has 1 aliphatic heterocycles. The zero-order valence-electron chi connectivity index (χ0n) is 7.97. The molecule has 0 radical (unpaired) electrons. The average Bonchev–Trinajstić information content (AvgIpc) is 2.29. The second-order valence-corrected chi connectivity index (χ2v) is 3.50. The highest BCUT2D eigenvalue weighted by Gasteiger charge is 2.16. The van der Waals surface area contributed by atoms with Crippen molar-refractivity contribution in [3.05, 3.63) is 36.2 Å². The van der Waals surface area contributed by atoms with Gasteiger partial charge in [-0.05, 0) is 17.5 Å². The molecule has 0 unspecified atom stereocenters. The number of carbonyl (C=O) groups is 1. The third kappa shape index (κ3) is 1.16. The number of aromatic nitrogens is 1. The number of hydrogen-bond acceptors (Lipinski definition) is 3. The van der Waals surface area contributed by atoms with Gasteiger partial charge in [0.1, 0.15) is 0 Å². The van der Waals surface area contributed by atoms with Gasteiger partial charge >= 0.3 is 0 Å². The van der Waals surface area contributed by atoms with Gasteiger partial charge in [-0.3, -0.25) is 14.8 Å². The van der Waals surface area contributed by atoms with Crippen LogP contribution >= 0.6 is 0 Å². The molecular formula is C12H8N2O. The molecule has 3 nitrogen and oxygen atoms in total. The fourth-order valence-electron chi connectivity index (χ4n) is 1.89. The molecule has 0 bridgehead atoms. The minimum atomic E-state index is 0.136. The van der Waals surface area contributed by atoms with Crippen LogP contribution in [0.3, 0.4) is 0 Å². The molecule has 0 fully saturated rings. The maximum Gasteiger partial charge on any atom is 0.170 e. The molecule has 2 aromatic rings. The maximum absolute atomic E-state index is 11.8. The van der Waals surface area contributed by atoms with E-state index in [0.29, 0.717) is 6.42 Å². The van der Waals surface area contributed by atoms with Crippen molar-refractivity contribution in [2.24, 2.45) is 4.99 Å². The summed E-state index contributed by atoms with van der Waals surface area (Å²) in [5.41, 5.74) is 1.50. The van der Waals surface area contributed by atoms with Crippen LogP contribution < -0.4 is 0 Å². The Hall–Kier alpha value is -2.03. The van der Waals surface area contributed by atoms with Crippen LogP contribution in [0.5, 0.6) is 0 Å². The van der Waals surface area contributed by atoms with Gasteiger partial charge in [0, 0.05) is 30.4 Å². The monoisotopic (exact) mass is 196 g/mol. The standard InChI is InChI=1S/C12H8N2O/c15-11-4-6-14-10-2-1-8-7-13-5-3-9(8)12(10)11/h1-3,5-7H,4H2. The summed E-state index contributed by atoms with van der Waals surface area (Å²) in [5, 5.41) is 1.94. The molecule has 15 heavy (non-hydrogen) atoms. The number of benzene rings is 1. The Morgan fingerprint density at radius 1 is 1.20 bits per heavy atom. The summed E-state index contributed by atoms with van der Waals surface area (Å²) in [6.45, 7) is 0. The number of Topliss-reactive ketones (excluding diaryl/α,β-unsaturated/α-hetero) is 1. The first-order valence-corrected chi connectivity index (χ1v) is 4.79. The lowest BCUT2D eigenvalue weighted by Gasteiger charge is -2.11. The van der Waals surface area contributed by atoms with Crippen LogP contribution in [0.4, 0.5) is 5.69 Å². The summed E-state index contributed by atoms with van der Waals surface area (Å²) in [5.74, 6) is 0.136. The Bertz CT molecular complexity index is 587. The second kappa shape index (κ2) is 2.98. The predicted octanol–water partition coefficient (Wildman–Crippen LogP) is 2.52. The predicted molar refractivity (Wildman–Crippen MR) is 58.8 cm³/mol. The number of rotatable bonds is 0. The molecular weight excluding hydrogens is 188 g/mol. The Kier molecular flexibility index (Phi) is 1.65. The van der Waals surface area contributed by atoms with Gasteiger partial charge in [0.25, 0.3) is 0 Å². The number of fused-ring (bicyclic) bond motifs is 3. The summed E-state index contributed by atoms with van der Waals surface area (Å²) < 4.78 is 0. The van der Waals surface area contributed by atoms with E-state index in [4.69, 9.17) is 0 Å². The van der Waals surface area contributed by atoms with E-state index in [2.05, 4.69) is 9.98 Å². The summed E-state index contributed by atoms with van der Waals surface area (Å²) in [4.78, 5) is 20.1. The van der Waals surface area contributed by atoms with Crippen LogP contribution in [0.15, 0.2) is 35.6 Å². The number of hydrogen-bond donors (Lipinski definition) is 0. The first-order chi connectivity index (χ1) is 7.36. The van der Waals surface area contributed by atoms with Gasteiger partial charge in [0.05, 0.1) is 11.3 Å². The summed E-state index contributed by atoms with van der Waals surface area (Å²) in [6, 6.07) is 5.68. The smallest absolute Gasteiger partial charge is 0.170 e. The van der Waals surface area contributed by atoms with E-state index in [9.17, 15) is 4.79 Å². The van der Waals surface area contributed by atoms with Crippen molar-refractivity contribution in [1.29, 1.82) is 0 Å². The summed E-state index contributed by atoms with van der Waals surface area (Å²) in [6.07, 6.45) is 5.53. The van der Waals surface area contributed by atoms with Crippen molar-refractivity contribution in [2.75, 3.05) is 0 Å². The largest absolute Gasteiger partial charge is 0.294 e. The maximum atomic E-state index is 11.8. The zero-order chi connectivity index (χ0) is 10.3. The van der Waals surface area contributed by atoms with Crippen molar-refractivity contribution >= 4 is 28.5 Å². The van der Waals surface area contributed by atoms with E-state index < -0.39 is 0 Å². The highest BCUT2D eigenvalue weighted by Crippen LogP contribution is 2.30. The molecule has 3 rings (SSSR count). The Labute approximate surface area is 86.5 Å². The van der Waals surface area contributed by atoms with Crippen molar-refractivity contribution in [2.45, 2.75) is 6.42 Å². The fraction of sp³-hybridized carbons (Fsp3) is 0.0833. The van der Waals surface area contributed by atoms with Crippen LogP contribution in [0, 0.1) is 0 Å². The zero-order valence-corrected chi connectivity index (χ0v) is 7.97. The second-order valence-electron chi connectivity index (χ2n) is 3.50. The van der Waals surface area contributed by atoms with Crippen LogP contribution in [0.2, 0.25) is 0 Å². The molecule has 1 aliphatic rings. The van der Waals surface area contributed by atoms with Crippen molar-refractivity contribution in [3.63, 3.8) is 0 Å². The topological polar surface area (TPSA) is 42.3 Å². The van der Waals surface area contributed by atoms with Gasteiger partial charge in [-0.2, -0.15) is 0 Å². The molecule has 1 aromatic heterocycles. The fourth-order valence-corrected chi connectivity index (χ4v) is 1.89. The quantitative estimate of drug-likeness (QED) is 0.649. The molecule has 1 aromatic carbocycles. The molecule has 0 aliphatic carbocycles. The van der Waals surface area contributed by atoms with E-state index >= 15 is 0 Å². The molecule has 0 amide bonds. The third-order valence-corrected chi connectivity index (χ3v) is 2.58. The normalized spacial score (nSPS) is 14.3. The van der Waals surface area contributed by atoms with Crippen molar-refractivity contribution in [3.8, 4) is 0 Å². The Balaban J connectivity index is 2.47. The first-order valence-electron chi connectivity index (χ1n) is 4.79. The minimum absolute atomic E-state index is 0.136. The molecule has 0 spiro atoms. The SMILES string of the molecule is O=C1CC=Nc2ccc3cnccc3c21. The van der Waals surface area contributed by atoms with Crippen LogP contribution in [0.25, 0.3) is 10.8 Å². The van der Waals surface area contributed by atoms with Crippen LogP contribution in [-0.2, 0) is 0 Å². The van der Waals surface area contributed by atoms with E-state index in [1.165, 1.54) is 0 Å². The van der Waals surface area contributed by atoms with Gasteiger partial charge in [-0.25, -0.2) is 0 Å². The number of aliphatic imine (C=N–C) groups is 1. The summed E-state index contributed by atoms with van der Waals surface area (Å²) >= 11 is 0. The molecule has 0 N–H and O–H groups in total. The minimum Gasteiger partial charge on any atom is -0.294 e. The van der Waals surface area contributed by atoms with Crippen LogP contribution in [0.1, 0.15) is 16.8 Å². The van der Waals surface area contributed by atoms with Gasteiger partial charge < -0.3 is 0 Å². The van der Waals surface area contributed by atoms with Crippen LogP contribution in [-0.4, -0.2) is 17.0 Å². The van der Waals surface area contributed by atoms with Gasteiger partial charge in [-0.15, -0.1) is 0 Å². The molecule has 2 heterocycles. The molecule has 3 heteroatoms. The number of carbonyl (C=O) groups excluding carboxylic acids is 1. The highest BCUT2D eigenvalue weighted by atomic mass is 16.1. The molecule has 0 atom stereocenters. The van der Waals surface area contributed by atoms with E-state index in [1.54, 1.807) is 18.6 Å². The number of pyridine rings is 1. The lowest BCUT2D eigenvalue weighted by molar-refractivity contribution is 0.100. The lowest BCUT2D eigenvalue weighted by Crippen LogP contribution is -2.05. The van der Waals surface area contributed by atoms with Crippen molar-refractivity contribution in [1.82, 2.24) is 4.98 Å². The van der Waals surface area contributed by atoms with E-state index in [-0.39, 0.29) is 5.78 Å². The third-order valence-electron chi connectivity index (χ3n) is 2.58. The molecule has 0 saturated heterocycles. The van der Waals surface area contributed by atoms with Gasteiger partial charge in [0.15, 0.2) is 5.78 Å². The van der Waals surface area contributed by atoms with Gasteiger partial charge in [-0.1, -0.05) is 6.07 Å². The Morgan fingerprint density at radius 3 is 3.07 bits per heavy atom. The van der Waals surface area contributed by atoms with E-state index in [0.717, 1.165) is 22.0 Å². The highest BCUT2D eigenvalue weighted by molar-refractivity contribution is 6.17. The lowest BCUT2D eigenvalue weighted by atomic mass is 9.98. The molecule has 0 saturated carbocycles. The average molecular weight is 196 g/mol. The summed E-state index contributed by atoms with van der Waals surface area (Å²) in [7, 11) is 0. The first kappa shape index (κ1) is 8.29. The van der Waals surface area contributed by atoms with Crippen molar-refractivity contribution < 1.29 is 4.79 Å². The van der Waals surface area contributed by atoms with Gasteiger partial charge in [0.2, 0.25) is 0 Å². The number of ketones is 1. The van der Waals surface area contributed by atoms with E-state index in [1.807, 2.05) is 18.2 Å². The Morgan fingerprint density at radius 2 is 2.13 bits per heavy atom. The number of nitrogens with zero attached hydrogens (tertiary/aromatic N) is 2. The molecule has 72 valence electrons.